The second-order valence-electron chi connectivity index (χ2n) is 7.32. The van der Waals surface area contributed by atoms with Crippen LogP contribution in [0, 0.1) is 5.92 Å². The van der Waals surface area contributed by atoms with Gasteiger partial charge in [-0.2, -0.15) is 0 Å². The third-order valence-electron chi connectivity index (χ3n) is 4.98. The maximum Gasteiger partial charge on any atom is 0.303 e. The normalized spacial score (nSPS) is 27.7. The number of hydrogen-bond donors (Lipinski definition) is 4. The number of rotatable bonds is 13. The van der Waals surface area contributed by atoms with Gasteiger partial charge in [0.05, 0.1) is 18.3 Å². The second-order valence-corrected chi connectivity index (χ2v) is 7.32. The Hall–Kier alpha value is -0.950. The minimum atomic E-state index is -0.983. The highest BCUT2D eigenvalue weighted by Crippen LogP contribution is 2.30. The van der Waals surface area contributed by atoms with Crippen molar-refractivity contribution in [3.63, 3.8) is 0 Å². The molecule has 1 saturated heterocycles. The van der Waals surface area contributed by atoms with E-state index >= 15 is 0 Å². The van der Waals surface area contributed by atoms with Crippen LogP contribution in [0.5, 0.6) is 0 Å². The van der Waals surface area contributed by atoms with Gasteiger partial charge < -0.3 is 25.2 Å². The van der Waals surface area contributed by atoms with Gasteiger partial charge in [-0.05, 0) is 19.3 Å². The Labute approximate surface area is 156 Å². The fraction of sp³-hybridized carbons (Fsp3) is 0.850. The minimum absolute atomic E-state index is 0.114. The monoisotopic (exact) mass is 372 g/mol. The first-order valence-electron chi connectivity index (χ1n) is 10.0. The van der Waals surface area contributed by atoms with Crippen molar-refractivity contribution in [3.8, 4) is 0 Å². The standard InChI is InChI=1S/C20H36O6/c1-2-3-6-9-15(21)12-13-18-16(17(22)14-20(25)26-18)10-7-4-5-8-11-19(23)24/h12-13,15-18,20-22,25H,2-11,14H2,1H3,(H,23,24)/b13-12+/t15-,16-,17-,18?,20?/m0/s1. The van der Waals surface area contributed by atoms with Crippen LogP contribution in [-0.4, -0.2) is 51.0 Å². The molecule has 0 amide bonds. The van der Waals surface area contributed by atoms with Crippen molar-refractivity contribution in [2.24, 2.45) is 5.92 Å². The van der Waals surface area contributed by atoms with Crippen LogP contribution in [0.4, 0.5) is 0 Å². The van der Waals surface area contributed by atoms with Gasteiger partial charge in [-0.25, -0.2) is 0 Å². The highest BCUT2D eigenvalue weighted by Gasteiger charge is 2.35. The van der Waals surface area contributed by atoms with Crippen LogP contribution < -0.4 is 0 Å². The zero-order valence-electron chi connectivity index (χ0n) is 15.9. The lowest BCUT2D eigenvalue weighted by Crippen LogP contribution is -2.43. The SMILES string of the molecule is CCCCC[C@H](O)/C=C/C1OC(O)C[C@H](O)[C@@H]1CCCCCCC(=O)O. The van der Waals surface area contributed by atoms with E-state index in [0.29, 0.717) is 12.8 Å². The van der Waals surface area contributed by atoms with Crippen molar-refractivity contribution >= 4 is 5.97 Å². The van der Waals surface area contributed by atoms with E-state index in [9.17, 15) is 20.1 Å². The quantitative estimate of drug-likeness (QED) is 0.292. The van der Waals surface area contributed by atoms with Gasteiger partial charge in [-0.3, -0.25) is 4.79 Å². The lowest BCUT2D eigenvalue weighted by atomic mass is 9.85. The van der Waals surface area contributed by atoms with E-state index in [1.54, 1.807) is 12.2 Å². The number of aliphatic hydroxyl groups excluding tert-OH is 3. The molecule has 5 atom stereocenters. The topological polar surface area (TPSA) is 107 Å². The molecule has 1 aliphatic rings. The molecule has 0 aromatic rings. The maximum atomic E-state index is 10.5. The molecule has 0 radical (unpaired) electrons. The summed E-state index contributed by atoms with van der Waals surface area (Å²) in [5.74, 6) is -0.880. The molecule has 0 saturated carbocycles. The van der Waals surface area contributed by atoms with Crippen molar-refractivity contribution in [3.05, 3.63) is 12.2 Å². The summed E-state index contributed by atoms with van der Waals surface area (Å²) in [7, 11) is 0. The summed E-state index contributed by atoms with van der Waals surface area (Å²) in [6.07, 6.45) is 9.27. The van der Waals surface area contributed by atoms with Crippen LogP contribution in [-0.2, 0) is 9.53 Å². The van der Waals surface area contributed by atoms with Crippen LogP contribution in [0.15, 0.2) is 12.2 Å². The summed E-state index contributed by atoms with van der Waals surface area (Å²) >= 11 is 0. The molecule has 0 aliphatic carbocycles. The van der Waals surface area contributed by atoms with Crippen molar-refractivity contribution in [2.75, 3.05) is 0 Å². The number of hydrogen-bond acceptors (Lipinski definition) is 5. The predicted octanol–water partition coefficient (Wildman–Crippen LogP) is 2.99. The maximum absolute atomic E-state index is 10.5. The number of aliphatic hydroxyl groups is 3. The zero-order valence-corrected chi connectivity index (χ0v) is 15.9. The molecule has 1 rings (SSSR count). The number of carboxylic acids is 1. The van der Waals surface area contributed by atoms with Crippen molar-refractivity contribution in [1.82, 2.24) is 0 Å². The number of unbranched alkanes of at least 4 members (excludes halogenated alkanes) is 5. The highest BCUT2D eigenvalue weighted by molar-refractivity contribution is 5.66. The summed E-state index contributed by atoms with van der Waals surface area (Å²) in [6, 6.07) is 0. The second kappa shape index (κ2) is 13.3. The molecular weight excluding hydrogens is 336 g/mol. The molecule has 0 aromatic heterocycles. The lowest BCUT2D eigenvalue weighted by molar-refractivity contribution is -0.201. The Bertz CT molecular complexity index is 411. The molecule has 6 heteroatoms. The molecule has 1 aliphatic heterocycles. The fourth-order valence-corrected chi connectivity index (χ4v) is 3.43. The van der Waals surface area contributed by atoms with E-state index in [0.717, 1.165) is 44.9 Å². The van der Waals surface area contributed by atoms with Gasteiger partial charge in [0.2, 0.25) is 0 Å². The van der Waals surface area contributed by atoms with E-state index in [-0.39, 0.29) is 18.8 Å². The smallest absolute Gasteiger partial charge is 0.303 e. The molecule has 2 unspecified atom stereocenters. The molecule has 6 nitrogen and oxygen atoms in total. The van der Waals surface area contributed by atoms with E-state index in [1.165, 1.54) is 0 Å². The number of carbonyl (C=O) groups is 1. The molecule has 1 heterocycles. The van der Waals surface area contributed by atoms with Crippen LogP contribution in [0.3, 0.4) is 0 Å². The van der Waals surface area contributed by atoms with E-state index in [4.69, 9.17) is 9.84 Å². The Morgan fingerprint density at radius 2 is 1.88 bits per heavy atom. The number of carboxylic acid groups (broad SMARTS) is 1. The zero-order chi connectivity index (χ0) is 19.4. The third kappa shape index (κ3) is 9.67. The fourth-order valence-electron chi connectivity index (χ4n) is 3.43. The lowest BCUT2D eigenvalue weighted by Gasteiger charge is -2.37. The van der Waals surface area contributed by atoms with Gasteiger partial charge in [0.1, 0.15) is 0 Å². The van der Waals surface area contributed by atoms with Gasteiger partial charge in [-0.1, -0.05) is 57.6 Å². The Morgan fingerprint density at radius 1 is 1.15 bits per heavy atom. The van der Waals surface area contributed by atoms with Gasteiger partial charge in [-0.15, -0.1) is 0 Å². The van der Waals surface area contributed by atoms with Gasteiger partial charge in [0.15, 0.2) is 6.29 Å². The van der Waals surface area contributed by atoms with E-state index in [2.05, 4.69) is 6.92 Å². The van der Waals surface area contributed by atoms with E-state index in [1.807, 2.05) is 0 Å². The summed E-state index contributed by atoms with van der Waals surface area (Å²) in [5, 5.41) is 38.7. The summed E-state index contributed by atoms with van der Waals surface area (Å²) in [4.78, 5) is 10.5. The molecule has 1 fully saturated rings. The summed E-state index contributed by atoms with van der Waals surface area (Å²) < 4.78 is 5.57. The first-order chi connectivity index (χ1) is 12.4. The Kier molecular flexibility index (Phi) is 11.8. The van der Waals surface area contributed by atoms with Crippen LogP contribution in [0.25, 0.3) is 0 Å². The van der Waals surface area contributed by atoms with Gasteiger partial charge in [0.25, 0.3) is 0 Å². The highest BCUT2D eigenvalue weighted by atomic mass is 16.6. The van der Waals surface area contributed by atoms with E-state index < -0.39 is 30.6 Å². The largest absolute Gasteiger partial charge is 0.481 e. The first-order valence-corrected chi connectivity index (χ1v) is 10.0. The van der Waals surface area contributed by atoms with Crippen LogP contribution in [0.1, 0.15) is 77.6 Å². The summed E-state index contributed by atoms with van der Waals surface area (Å²) in [5.41, 5.74) is 0. The van der Waals surface area contributed by atoms with Crippen molar-refractivity contribution in [2.45, 2.75) is 102 Å². The molecule has 0 bridgehead atoms. The minimum Gasteiger partial charge on any atom is -0.481 e. The predicted molar refractivity (Wildman–Crippen MR) is 99.6 cm³/mol. The van der Waals surface area contributed by atoms with Gasteiger partial charge >= 0.3 is 5.97 Å². The third-order valence-corrected chi connectivity index (χ3v) is 4.98. The van der Waals surface area contributed by atoms with Gasteiger partial charge in [0, 0.05) is 18.8 Å². The molecule has 26 heavy (non-hydrogen) atoms. The average molecular weight is 373 g/mol. The first kappa shape index (κ1) is 23.1. The molecule has 0 spiro atoms. The van der Waals surface area contributed by atoms with Crippen molar-refractivity contribution in [1.29, 1.82) is 0 Å². The molecular formula is C20H36O6. The van der Waals surface area contributed by atoms with Crippen LogP contribution in [0.2, 0.25) is 0 Å². The van der Waals surface area contributed by atoms with Crippen LogP contribution >= 0.6 is 0 Å². The van der Waals surface area contributed by atoms with Crippen molar-refractivity contribution < 1.29 is 30.0 Å². The number of aliphatic carboxylic acids is 1. The number of ether oxygens (including phenoxy) is 1. The average Bonchev–Trinajstić information content (AvgIpc) is 2.57. The Balaban J connectivity index is 2.44. The molecule has 4 N–H and O–H groups in total. The molecule has 152 valence electrons. The molecule has 0 aromatic carbocycles. The summed E-state index contributed by atoms with van der Waals surface area (Å²) in [6.45, 7) is 2.12. The Morgan fingerprint density at radius 3 is 2.58 bits per heavy atom.